The minimum Gasteiger partial charge on any atom is -0.454 e. The number of anilines is 1. The lowest BCUT2D eigenvalue weighted by Crippen LogP contribution is -2.40. The third kappa shape index (κ3) is 5.92. The molecule has 2 aromatic rings. The Kier molecular flexibility index (Phi) is 6.89. The first-order chi connectivity index (χ1) is 13.2. The Morgan fingerprint density at radius 2 is 1.61 bits per heavy atom. The number of benzene rings is 2. The van der Waals surface area contributed by atoms with Crippen LogP contribution in [0.3, 0.4) is 0 Å². The van der Waals surface area contributed by atoms with Gasteiger partial charge in [0.05, 0.1) is 10.6 Å². The molecule has 0 bridgehead atoms. The van der Waals surface area contributed by atoms with Crippen molar-refractivity contribution in [2.75, 3.05) is 18.2 Å². The second-order valence-corrected chi connectivity index (χ2v) is 7.97. The standard InChI is InChI=1S/C19H20N2O6S/c1-13(20-18(23)14-8-4-3-5-9-14)19(24)27-12-17(22)21-15-10-6-7-11-16(15)28(2,25)26/h3-11,13H,12H2,1-2H3,(H,20,23)(H,21,22)/t13-/m0/s1. The highest BCUT2D eigenvalue weighted by molar-refractivity contribution is 7.90. The van der Waals surface area contributed by atoms with E-state index in [0.29, 0.717) is 5.56 Å². The SMILES string of the molecule is C[C@H](NC(=O)c1ccccc1)C(=O)OCC(=O)Nc1ccccc1S(C)(=O)=O. The maximum atomic E-state index is 12.0. The number of hydrogen-bond donors (Lipinski definition) is 2. The fraction of sp³-hybridized carbons (Fsp3) is 0.211. The topological polar surface area (TPSA) is 119 Å². The third-order valence-corrected chi connectivity index (χ3v) is 4.80. The first-order valence-corrected chi connectivity index (χ1v) is 10.2. The van der Waals surface area contributed by atoms with Gasteiger partial charge in [0.2, 0.25) is 0 Å². The Hall–Kier alpha value is -3.20. The zero-order valence-electron chi connectivity index (χ0n) is 15.3. The summed E-state index contributed by atoms with van der Waals surface area (Å²) in [5, 5.41) is 4.87. The average Bonchev–Trinajstić information content (AvgIpc) is 2.66. The average molecular weight is 404 g/mol. The normalized spacial score (nSPS) is 11.9. The zero-order valence-corrected chi connectivity index (χ0v) is 16.2. The summed E-state index contributed by atoms with van der Waals surface area (Å²) in [6.45, 7) is 0.808. The molecule has 2 aromatic carbocycles. The number of sulfone groups is 1. The fourth-order valence-electron chi connectivity index (χ4n) is 2.27. The van der Waals surface area contributed by atoms with Crippen molar-refractivity contribution in [3.8, 4) is 0 Å². The van der Waals surface area contributed by atoms with Crippen LogP contribution in [0.25, 0.3) is 0 Å². The zero-order chi connectivity index (χ0) is 20.7. The van der Waals surface area contributed by atoms with E-state index in [-0.39, 0.29) is 10.6 Å². The number of rotatable bonds is 7. The van der Waals surface area contributed by atoms with Crippen LogP contribution < -0.4 is 10.6 Å². The molecule has 0 aliphatic heterocycles. The molecule has 0 fully saturated rings. The van der Waals surface area contributed by atoms with Gasteiger partial charge < -0.3 is 15.4 Å². The van der Waals surface area contributed by atoms with E-state index >= 15 is 0 Å². The highest BCUT2D eigenvalue weighted by Crippen LogP contribution is 2.20. The van der Waals surface area contributed by atoms with E-state index in [4.69, 9.17) is 4.74 Å². The molecule has 0 aromatic heterocycles. The maximum absolute atomic E-state index is 12.0. The highest BCUT2D eigenvalue weighted by atomic mass is 32.2. The molecule has 0 radical (unpaired) electrons. The predicted octanol–water partition coefficient (Wildman–Crippen LogP) is 1.39. The van der Waals surface area contributed by atoms with Crippen LogP contribution >= 0.6 is 0 Å². The molecule has 2 rings (SSSR count). The Balaban J connectivity index is 1.89. The first kappa shape index (κ1) is 21.1. The molecule has 0 aliphatic carbocycles. The van der Waals surface area contributed by atoms with E-state index in [1.165, 1.54) is 25.1 Å². The van der Waals surface area contributed by atoms with Crippen molar-refractivity contribution < 1.29 is 27.5 Å². The minimum absolute atomic E-state index is 0.0434. The van der Waals surface area contributed by atoms with E-state index in [1.807, 2.05) is 0 Å². The van der Waals surface area contributed by atoms with Gasteiger partial charge in [0, 0.05) is 11.8 Å². The van der Waals surface area contributed by atoms with Gasteiger partial charge in [-0.05, 0) is 31.2 Å². The maximum Gasteiger partial charge on any atom is 0.328 e. The summed E-state index contributed by atoms with van der Waals surface area (Å²) >= 11 is 0. The van der Waals surface area contributed by atoms with Crippen molar-refractivity contribution in [1.82, 2.24) is 5.32 Å². The Bertz CT molecular complexity index is 973. The van der Waals surface area contributed by atoms with Gasteiger partial charge in [0.1, 0.15) is 6.04 Å². The molecule has 2 N–H and O–H groups in total. The molecule has 0 aliphatic rings. The van der Waals surface area contributed by atoms with E-state index in [1.54, 1.807) is 36.4 Å². The van der Waals surface area contributed by atoms with Crippen LogP contribution in [0.4, 0.5) is 5.69 Å². The number of hydrogen-bond acceptors (Lipinski definition) is 6. The molecule has 1 atom stereocenters. The van der Waals surface area contributed by atoms with Gasteiger partial charge in [-0.3, -0.25) is 9.59 Å². The number of amides is 2. The summed E-state index contributed by atoms with van der Waals surface area (Å²) in [6.07, 6.45) is 1.02. The summed E-state index contributed by atoms with van der Waals surface area (Å²) in [6, 6.07) is 13.3. The van der Waals surface area contributed by atoms with Gasteiger partial charge in [-0.2, -0.15) is 0 Å². The van der Waals surface area contributed by atoms with Crippen LogP contribution in [-0.2, 0) is 24.2 Å². The van der Waals surface area contributed by atoms with Crippen LogP contribution in [0, 0.1) is 0 Å². The second-order valence-electron chi connectivity index (χ2n) is 5.99. The van der Waals surface area contributed by atoms with Crippen molar-refractivity contribution in [2.45, 2.75) is 17.9 Å². The van der Waals surface area contributed by atoms with Crippen molar-refractivity contribution >= 4 is 33.3 Å². The summed E-state index contributed by atoms with van der Waals surface area (Å²) in [5.41, 5.74) is 0.480. The summed E-state index contributed by atoms with van der Waals surface area (Å²) in [7, 11) is -3.53. The fourth-order valence-corrected chi connectivity index (χ4v) is 3.11. The molecule has 28 heavy (non-hydrogen) atoms. The van der Waals surface area contributed by atoms with Gasteiger partial charge >= 0.3 is 5.97 Å². The van der Waals surface area contributed by atoms with Gasteiger partial charge in [0.25, 0.3) is 11.8 Å². The van der Waals surface area contributed by atoms with E-state index < -0.39 is 40.3 Å². The Morgan fingerprint density at radius 1 is 1.00 bits per heavy atom. The Morgan fingerprint density at radius 3 is 2.25 bits per heavy atom. The summed E-state index contributed by atoms with van der Waals surface area (Å²) in [4.78, 5) is 35.9. The molecular formula is C19H20N2O6S. The second kappa shape index (κ2) is 9.14. The monoisotopic (exact) mass is 404 g/mol. The van der Waals surface area contributed by atoms with Gasteiger partial charge in [-0.1, -0.05) is 30.3 Å². The van der Waals surface area contributed by atoms with E-state index in [9.17, 15) is 22.8 Å². The summed E-state index contributed by atoms with van der Waals surface area (Å²) in [5.74, 6) is -1.95. The summed E-state index contributed by atoms with van der Waals surface area (Å²) < 4.78 is 28.4. The molecule has 0 spiro atoms. The molecular weight excluding hydrogens is 384 g/mol. The van der Waals surface area contributed by atoms with Crippen LogP contribution in [0.15, 0.2) is 59.5 Å². The lowest BCUT2D eigenvalue weighted by Gasteiger charge is -2.14. The molecule has 0 saturated heterocycles. The van der Waals surface area contributed by atoms with Crippen LogP contribution in [0.5, 0.6) is 0 Å². The quantitative estimate of drug-likeness (QED) is 0.673. The van der Waals surface area contributed by atoms with Crippen molar-refractivity contribution in [2.24, 2.45) is 0 Å². The van der Waals surface area contributed by atoms with Crippen molar-refractivity contribution in [3.05, 3.63) is 60.2 Å². The minimum atomic E-state index is -3.53. The van der Waals surface area contributed by atoms with Gasteiger partial charge in [0.15, 0.2) is 16.4 Å². The van der Waals surface area contributed by atoms with Crippen molar-refractivity contribution in [3.63, 3.8) is 0 Å². The number of para-hydroxylation sites is 1. The lowest BCUT2D eigenvalue weighted by molar-refractivity contribution is -0.148. The van der Waals surface area contributed by atoms with E-state index in [2.05, 4.69) is 10.6 Å². The van der Waals surface area contributed by atoms with Gasteiger partial charge in [-0.25, -0.2) is 13.2 Å². The number of ether oxygens (including phenoxy) is 1. The molecule has 8 nitrogen and oxygen atoms in total. The van der Waals surface area contributed by atoms with Crippen LogP contribution in [-0.4, -0.2) is 45.1 Å². The van der Waals surface area contributed by atoms with Crippen LogP contribution in [0.1, 0.15) is 17.3 Å². The highest BCUT2D eigenvalue weighted by Gasteiger charge is 2.20. The Labute approximate surface area is 162 Å². The number of carbonyl (C=O) groups is 3. The molecule has 2 amide bonds. The molecule has 0 saturated carbocycles. The molecule has 0 heterocycles. The number of nitrogens with one attached hydrogen (secondary N) is 2. The van der Waals surface area contributed by atoms with Crippen LogP contribution in [0.2, 0.25) is 0 Å². The lowest BCUT2D eigenvalue weighted by atomic mass is 10.2. The largest absolute Gasteiger partial charge is 0.454 e. The molecule has 148 valence electrons. The first-order valence-electron chi connectivity index (χ1n) is 8.30. The molecule has 0 unspecified atom stereocenters. The number of carbonyl (C=O) groups excluding carboxylic acids is 3. The predicted molar refractivity (Wildman–Crippen MR) is 103 cm³/mol. The van der Waals surface area contributed by atoms with Gasteiger partial charge in [-0.15, -0.1) is 0 Å². The van der Waals surface area contributed by atoms with Crippen molar-refractivity contribution in [1.29, 1.82) is 0 Å². The van der Waals surface area contributed by atoms with E-state index in [0.717, 1.165) is 6.26 Å². The molecule has 9 heteroatoms. The third-order valence-electron chi connectivity index (χ3n) is 3.64. The smallest absolute Gasteiger partial charge is 0.328 e. The number of esters is 1.